The molecule has 1 unspecified atom stereocenters. The van der Waals surface area contributed by atoms with Gasteiger partial charge >= 0.3 is 0 Å². The van der Waals surface area contributed by atoms with E-state index in [1.165, 1.54) is 11.3 Å². The van der Waals surface area contributed by atoms with Crippen LogP contribution in [-0.2, 0) is 9.84 Å². The van der Waals surface area contributed by atoms with E-state index in [-0.39, 0.29) is 17.7 Å². The molecule has 0 saturated heterocycles. The number of nitrogens with one attached hydrogen (secondary N) is 1. The maximum Gasteiger partial charge on any atom is 0.263 e. The van der Waals surface area contributed by atoms with Crippen molar-refractivity contribution in [2.24, 2.45) is 0 Å². The first-order chi connectivity index (χ1) is 13.0. The maximum absolute atomic E-state index is 12.9. The minimum absolute atomic E-state index is 0.109. The molecule has 27 heavy (non-hydrogen) atoms. The van der Waals surface area contributed by atoms with Crippen molar-refractivity contribution >= 4 is 38.4 Å². The topological polar surface area (TPSA) is 76.1 Å². The van der Waals surface area contributed by atoms with Gasteiger partial charge in [-0.3, -0.25) is 4.79 Å². The summed E-state index contributed by atoms with van der Waals surface area (Å²) in [5.41, 5.74) is 2.37. The van der Waals surface area contributed by atoms with Crippen LogP contribution in [0.4, 0.5) is 0 Å². The van der Waals surface area contributed by atoms with Crippen LogP contribution in [0.1, 0.15) is 39.8 Å². The van der Waals surface area contributed by atoms with Crippen LogP contribution < -0.4 is 5.32 Å². The van der Waals surface area contributed by atoms with Crippen molar-refractivity contribution in [3.8, 4) is 10.6 Å². The molecule has 4 rings (SSSR count). The van der Waals surface area contributed by atoms with Crippen molar-refractivity contribution in [3.63, 3.8) is 0 Å². The van der Waals surface area contributed by atoms with Gasteiger partial charge in [-0.25, -0.2) is 13.4 Å². The first kappa shape index (κ1) is 18.3. The number of fused-ring (bicyclic) bond motifs is 1. The standard InChI is InChI=1S/C19H18N2O3S3/c1-12-17(26-19(20-12)13-8-9-25-11-13)18(22)21-15-6-4-10-27(23,24)16-7-3-2-5-14(15)16/h2-3,5,7-9,11,15H,4,6,10H2,1H3,(H,21,22). The van der Waals surface area contributed by atoms with E-state index in [0.717, 1.165) is 10.6 Å². The van der Waals surface area contributed by atoms with E-state index in [4.69, 9.17) is 0 Å². The van der Waals surface area contributed by atoms with Crippen molar-refractivity contribution in [2.45, 2.75) is 30.7 Å². The lowest BCUT2D eigenvalue weighted by atomic mass is 10.0. The number of nitrogens with zero attached hydrogens (tertiary/aromatic N) is 1. The van der Waals surface area contributed by atoms with Crippen LogP contribution in [0.3, 0.4) is 0 Å². The molecule has 3 aromatic rings. The van der Waals surface area contributed by atoms with Crippen molar-refractivity contribution in [3.05, 3.63) is 57.2 Å². The van der Waals surface area contributed by atoms with Gasteiger partial charge in [-0.1, -0.05) is 18.2 Å². The van der Waals surface area contributed by atoms with Gasteiger partial charge in [0.15, 0.2) is 9.84 Å². The van der Waals surface area contributed by atoms with Crippen LogP contribution in [0.2, 0.25) is 0 Å². The monoisotopic (exact) mass is 418 g/mol. The third-order valence-electron chi connectivity index (χ3n) is 4.61. The summed E-state index contributed by atoms with van der Waals surface area (Å²) in [4.78, 5) is 18.3. The lowest BCUT2D eigenvalue weighted by Gasteiger charge is -2.18. The molecule has 1 aliphatic rings. The Hall–Kier alpha value is -2.03. The molecule has 3 heterocycles. The smallest absolute Gasteiger partial charge is 0.263 e. The number of carbonyl (C=O) groups excluding carboxylic acids is 1. The summed E-state index contributed by atoms with van der Waals surface area (Å²) in [5, 5.41) is 7.85. The lowest BCUT2D eigenvalue weighted by molar-refractivity contribution is 0.0937. The Morgan fingerprint density at radius 1 is 1.26 bits per heavy atom. The fourth-order valence-corrected chi connectivity index (χ4v) is 6.59. The molecule has 8 heteroatoms. The molecule has 1 atom stereocenters. The molecule has 1 N–H and O–H groups in total. The molecular formula is C19H18N2O3S3. The Labute approximate surface area is 166 Å². The number of aryl methyl sites for hydroxylation is 1. The van der Waals surface area contributed by atoms with Crippen molar-refractivity contribution < 1.29 is 13.2 Å². The fraction of sp³-hybridized carbons (Fsp3) is 0.263. The summed E-state index contributed by atoms with van der Waals surface area (Å²) in [6.45, 7) is 1.83. The summed E-state index contributed by atoms with van der Waals surface area (Å²) in [7, 11) is -3.31. The molecule has 2 aromatic heterocycles. The molecule has 1 aromatic carbocycles. The SMILES string of the molecule is Cc1nc(-c2ccsc2)sc1C(=O)NC1CCCS(=O)(=O)c2ccccc21. The van der Waals surface area contributed by atoms with Crippen molar-refractivity contribution in [1.82, 2.24) is 10.3 Å². The molecule has 5 nitrogen and oxygen atoms in total. The van der Waals surface area contributed by atoms with E-state index in [2.05, 4.69) is 10.3 Å². The summed E-state index contributed by atoms with van der Waals surface area (Å²) < 4.78 is 24.9. The Morgan fingerprint density at radius 2 is 2.07 bits per heavy atom. The number of amides is 1. The number of aromatic nitrogens is 1. The zero-order valence-electron chi connectivity index (χ0n) is 14.6. The van der Waals surface area contributed by atoms with Gasteiger partial charge in [0.05, 0.1) is 22.4 Å². The van der Waals surface area contributed by atoms with E-state index in [0.29, 0.717) is 33.9 Å². The molecule has 0 spiro atoms. The highest BCUT2D eigenvalue weighted by molar-refractivity contribution is 7.91. The zero-order valence-corrected chi connectivity index (χ0v) is 17.1. The first-order valence-electron chi connectivity index (χ1n) is 8.58. The zero-order chi connectivity index (χ0) is 19.0. The van der Waals surface area contributed by atoms with E-state index in [9.17, 15) is 13.2 Å². The maximum atomic E-state index is 12.9. The highest BCUT2D eigenvalue weighted by Gasteiger charge is 2.29. The number of rotatable bonds is 3. The molecule has 0 aliphatic carbocycles. The summed E-state index contributed by atoms with van der Waals surface area (Å²) in [6.07, 6.45) is 1.11. The molecule has 0 saturated carbocycles. The highest BCUT2D eigenvalue weighted by atomic mass is 32.2. The van der Waals surface area contributed by atoms with Gasteiger partial charge in [-0.05, 0) is 42.8 Å². The number of carbonyl (C=O) groups is 1. The van der Waals surface area contributed by atoms with Gasteiger partial charge in [0.2, 0.25) is 0 Å². The van der Waals surface area contributed by atoms with E-state index < -0.39 is 9.84 Å². The van der Waals surface area contributed by atoms with Gasteiger partial charge in [-0.2, -0.15) is 11.3 Å². The summed E-state index contributed by atoms with van der Waals surface area (Å²) in [5.74, 6) is -0.0938. The molecule has 0 fully saturated rings. The van der Waals surface area contributed by atoms with Crippen LogP contribution in [0.25, 0.3) is 10.6 Å². The highest BCUT2D eigenvalue weighted by Crippen LogP contribution is 2.33. The van der Waals surface area contributed by atoms with E-state index in [1.807, 2.05) is 29.8 Å². The van der Waals surface area contributed by atoms with E-state index in [1.54, 1.807) is 29.5 Å². The largest absolute Gasteiger partial charge is 0.344 e. The van der Waals surface area contributed by atoms with Crippen molar-refractivity contribution in [2.75, 3.05) is 5.75 Å². The molecule has 1 amide bonds. The predicted octanol–water partition coefficient (Wildman–Crippen LogP) is 4.22. The van der Waals surface area contributed by atoms with Crippen LogP contribution >= 0.6 is 22.7 Å². The molecule has 1 aliphatic heterocycles. The number of hydrogen-bond acceptors (Lipinski definition) is 6. The van der Waals surface area contributed by atoms with Crippen molar-refractivity contribution in [1.29, 1.82) is 0 Å². The summed E-state index contributed by atoms with van der Waals surface area (Å²) >= 11 is 2.96. The Balaban J connectivity index is 1.63. The Morgan fingerprint density at radius 3 is 2.85 bits per heavy atom. The first-order valence-corrected chi connectivity index (χ1v) is 12.0. The molecular weight excluding hydrogens is 400 g/mol. The quantitative estimate of drug-likeness (QED) is 0.691. The molecule has 140 valence electrons. The van der Waals surface area contributed by atoms with Crippen LogP contribution in [0.5, 0.6) is 0 Å². The second kappa shape index (κ2) is 7.18. The molecule has 0 radical (unpaired) electrons. The Bertz CT molecular complexity index is 1090. The minimum atomic E-state index is -3.31. The van der Waals surface area contributed by atoms with Gasteiger partial charge < -0.3 is 5.32 Å². The number of hydrogen-bond donors (Lipinski definition) is 1. The van der Waals surface area contributed by atoms with Gasteiger partial charge in [0, 0.05) is 10.9 Å². The second-order valence-electron chi connectivity index (χ2n) is 6.47. The second-order valence-corrected chi connectivity index (χ2v) is 10.3. The third-order valence-corrected chi connectivity index (χ3v) is 8.37. The average molecular weight is 419 g/mol. The molecule has 0 bridgehead atoms. The normalized spacial score (nSPS) is 18.5. The van der Waals surface area contributed by atoms with Crippen LogP contribution in [0.15, 0.2) is 46.0 Å². The lowest BCUT2D eigenvalue weighted by Crippen LogP contribution is -2.28. The average Bonchev–Trinajstić information content (AvgIpc) is 3.27. The predicted molar refractivity (Wildman–Crippen MR) is 108 cm³/mol. The Kier molecular flexibility index (Phi) is 4.88. The number of sulfone groups is 1. The van der Waals surface area contributed by atoms with Crippen LogP contribution in [-0.4, -0.2) is 25.1 Å². The van der Waals surface area contributed by atoms with Gasteiger partial charge in [0.1, 0.15) is 9.88 Å². The fourth-order valence-electron chi connectivity index (χ4n) is 3.29. The van der Waals surface area contributed by atoms with E-state index >= 15 is 0 Å². The number of benzene rings is 1. The minimum Gasteiger partial charge on any atom is -0.344 e. The van der Waals surface area contributed by atoms with Crippen LogP contribution in [0, 0.1) is 6.92 Å². The third kappa shape index (κ3) is 3.56. The number of thiazole rings is 1. The number of thiophene rings is 1. The van der Waals surface area contributed by atoms with Gasteiger partial charge in [0.25, 0.3) is 5.91 Å². The summed E-state index contributed by atoms with van der Waals surface area (Å²) in [6, 6.07) is 8.61. The van der Waals surface area contributed by atoms with Gasteiger partial charge in [-0.15, -0.1) is 11.3 Å².